The number of aromatic nitrogens is 1. The van der Waals surface area contributed by atoms with Crippen LogP contribution in [0.4, 0.5) is 4.79 Å². The van der Waals surface area contributed by atoms with Crippen LogP contribution in [0.2, 0.25) is 0 Å². The van der Waals surface area contributed by atoms with Crippen molar-refractivity contribution >= 4 is 53.5 Å². The lowest BCUT2D eigenvalue weighted by Gasteiger charge is -2.28. The van der Waals surface area contributed by atoms with Gasteiger partial charge in [0.05, 0.1) is 19.2 Å². The quantitative estimate of drug-likeness (QED) is 0.0524. The van der Waals surface area contributed by atoms with Gasteiger partial charge in [0.1, 0.15) is 37.0 Å². The third kappa shape index (κ3) is 14.8. The third-order valence-corrected chi connectivity index (χ3v) is 8.84. The van der Waals surface area contributed by atoms with Crippen LogP contribution in [-0.2, 0) is 67.5 Å². The molecule has 3 aromatic rings. The van der Waals surface area contributed by atoms with Crippen LogP contribution in [0, 0.1) is 5.92 Å². The number of carbonyl (C=O) groups excluding carboxylic acids is 6. The summed E-state index contributed by atoms with van der Waals surface area (Å²) in [5, 5.41) is 35.4. The second kappa shape index (κ2) is 22.1. The summed E-state index contributed by atoms with van der Waals surface area (Å²) in [7, 11) is 0. The van der Waals surface area contributed by atoms with Gasteiger partial charge in [-0.05, 0) is 41.7 Å². The summed E-state index contributed by atoms with van der Waals surface area (Å²) < 4.78 is 15.9. The number of benzene rings is 1. The van der Waals surface area contributed by atoms with Gasteiger partial charge < -0.3 is 50.1 Å². The molecule has 5 unspecified atom stereocenters. The Hall–Kier alpha value is -7.36. The van der Waals surface area contributed by atoms with Crippen molar-refractivity contribution in [2.75, 3.05) is 6.54 Å². The molecule has 0 radical (unpaired) electrons. The molecular formula is C39H45N7O15. The van der Waals surface area contributed by atoms with Crippen LogP contribution in [0.1, 0.15) is 50.0 Å². The van der Waals surface area contributed by atoms with Crippen molar-refractivity contribution in [2.45, 2.75) is 83.1 Å². The molecule has 7 N–H and O–H groups in total. The lowest BCUT2D eigenvalue weighted by Crippen LogP contribution is -2.60. The number of nitrogens with zero attached hydrogens (tertiary/aromatic N) is 3. The Balaban J connectivity index is 1.44. The predicted molar refractivity (Wildman–Crippen MR) is 205 cm³/mol. The first kappa shape index (κ1) is 46.3. The smallest absolute Gasteiger partial charge is 0.408 e. The molecule has 22 heteroatoms. The topological polar surface area (TPSA) is 317 Å². The Kier molecular flexibility index (Phi) is 16.8. The molecule has 5 atom stereocenters. The monoisotopic (exact) mass is 851 g/mol. The van der Waals surface area contributed by atoms with Crippen molar-refractivity contribution in [3.8, 4) is 0 Å². The van der Waals surface area contributed by atoms with Crippen LogP contribution < -0.4 is 21.4 Å². The molecule has 326 valence electrons. The number of furan rings is 1. The third-order valence-electron chi connectivity index (χ3n) is 8.84. The fourth-order valence-corrected chi connectivity index (χ4v) is 5.74. The molecule has 4 rings (SSSR count). The number of amides is 6. The van der Waals surface area contributed by atoms with Gasteiger partial charge in [0, 0.05) is 25.4 Å². The fraction of sp³-hybridized carbons (Fsp3) is 0.385. The maximum Gasteiger partial charge on any atom is 0.408 e. The second-order valence-corrected chi connectivity index (χ2v) is 14.0. The maximum absolute atomic E-state index is 13.6. The number of alkyl carbamates (subject to hydrolysis) is 1. The van der Waals surface area contributed by atoms with E-state index in [0.29, 0.717) is 21.9 Å². The van der Waals surface area contributed by atoms with Gasteiger partial charge in [0.2, 0.25) is 11.8 Å². The van der Waals surface area contributed by atoms with Crippen LogP contribution in [-0.4, -0.2) is 121 Å². The minimum Gasteiger partial charge on any atom is -0.481 e. The molecule has 1 aliphatic heterocycles. The molecule has 22 nitrogen and oxygen atoms in total. The SMILES string of the molecule is CC(C)C(NC(=O)C(CCC(=O)O)NC(=O)C(CC(=O)O)NC(=O)OCc1ccccc1)C(=O)NN(CC(=O)O)C(=O)C1OC1C(=O)N(Cc1cccnc1)Cc1ccco1. The van der Waals surface area contributed by atoms with Gasteiger partial charge in [-0.3, -0.25) is 48.8 Å². The average Bonchev–Trinajstić information content (AvgIpc) is 3.85. The van der Waals surface area contributed by atoms with E-state index in [1.807, 2.05) is 0 Å². The van der Waals surface area contributed by atoms with Crippen LogP contribution in [0.15, 0.2) is 77.7 Å². The number of ether oxygens (including phenoxy) is 2. The zero-order valence-corrected chi connectivity index (χ0v) is 32.9. The first-order valence-electron chi connectivity index (χ1n) is 18.7. The highest BCUT2D eigenvalue weighted by Gasteiger charge is 2.54. The van der Waals surface area contributed by atoms with Gasteiger partial charge in [-0.25, -0.2) is 9.80 Å². The number of aliphatic carboxylic acids is 3. The fourth-order valence-electron chi connectivity index (χ4n) is 5.74. The van der Waals surface area contributed by atoms with E-state index in [9.17, 15) is 58.5 Å². The van der Waals surface area contributed by atoms with E-state index < -0.39 is 116 Å². The molecule has 1 aliphatic rings. The van der Waals surface area contributed by atoms with Crippen LogP contribution in [0.3, 0.4) is 0 Å². The number of carboxylic acids is 3. The number of pyridine rings is 1. The van der Waals surface area contributed by atoms with Crippen molar-refractivity contribution < 1.29 is 72.4 Å². The highest BCUT2D eigenvalue weighted by Crippen LogP contribution is 2.28. The van der Waals surface area contributed by atoms with Crippen LogP contribution in [0.25, 0.3) is 0 Å². The Morgan fingerprint density at radius 3 is 2.05 bits per heavy atom. The number of hydrogen-bond donors (Lipinski definition) is 7. The second-order valence-electron chi connectivity index (χ2n) is 14.0. The molecular weight excluding hydrogens is 806 g/mol. The number of carboxylic acid groups (broad SMARTS) is 3. The van der Waals surface area contributed by atoms with Gasteiger partial charge in [-0.15, -0.1) is 0 Å². The number of carbonyl (C=O) groups is 9. The molecule has 0 spiro atoms. The molecule has 0 saturated carbocycles. The number of epoxide rings is 1. The summed E-state index contributed by atoms with van der Waals surface area (Å²) in [6.45, 7) is 1.65. The van der Waals surface area contributed by atoms with E-state index in [1.54, 1.807) is 60.8 Å². The highest BCUT2D eigenvalue weighted by molar-refractivity contribution is 5.98. The summed E-state index contributed by atoms with van der Waals surface area (Å²) in [5.41, 5.74) is 3.38. The molecule has 6 amide bonds. The molecule has 0 bridgehead atoms. The Morgan fingerprint density at radius 2 is 1.44 bits per heavy atom. The zero-order chi connectivity index (χ0) is 44.6. The molecule has 61 heavy (non-hydrogen) atoms. The van der Waals surface area contributed by atoms with E-state index in [0.717, 1.165) is 0 Å². The first-order chi connectivity index (χ1) is 29.0. The largest absolute Gasteiger partial charge is 0.481 e. The summed E-state index contributed by atoms with van der Waals surface area (Å²) in [6.07, 6.45) is -1.75. The zero-order valence-electron chi connectivity index (χ0n) is 32.9. The van der Waals surface area contributed by atoms with Crippen LogP contribution in [0.5, 0.6) is 0 Å². The van der Waals surface area contributed by atoms with E-state index >= 15 is 0 Å². The van der Waals surface area contributed by atoms with E-state index in [2.05, 4.69) is 26.4 Å². The normalized spacial score (nSPS) is 15.5. The molecule has 1 saturated heterocycles. The average molecular weight is 852 g/mol. The highest BCUT2D eigenvalue weighted by atomic mass is 16.6. The van der Waals surface area contributed by atoms with Gasteiger partial charge in [-0.1, -0.05) is 50.2 Å². The van der Waals surface area contributed by atoms with Gasteiger partial charge in [-0.2, -0.15) is 0 Å². The van der Waals surface area contributed by atoms with Gasteiger partial charge >= 0.3 is 24.0 Å². The van der Waals surface area contributed by atoms with E-state index in [-0.39, 0.29) is 19.7 Å². The number of rotatable bonds is 22. The van der Waals surface area contributed by atoms with Gasteiger partial charge in [0.15, 0.2) is 12.2 Å². The molecule has 1 aromatic carbocycles. The number of hydrogen-bond acceptors (Lipinski definition) is 13. The van der Waals surface area contributed by atoms with Crippen molar-refractivity contribution in [3.63, 3.8) is 0 Å². The summed E-state index contributed by atoms with van der Waals surface area (Å²) in [4.78, 5) is 120. The van der Waals surface area contributed by atoms with Crippen molar-refractivity contribution in [1.82, 2.24) is 36.3 Å². The summed E-state index contributed by atoms with van der Waals surface area (Å²) in [6, 6.07) is 9.99. The van der Waals surface area contributed by atoms with E-state index in [4.69, 9.17) is 13.9 Å². The maximum atomic E-state index is 13.6. The standard InChI is InChI=1S/C39H45N7O15/c1-22(2)31(43-34(53)26(12-13-28(47)48)41-35(54)27(16-29(49)50)42-39(58)60-21-23-8-4-3-5-9-23)36(55)44-46(20-30(51)52)38(57)33-32(61-33)37(56)45(19-25-11-7-15-59-25)18-24-10-6-14-40-17-24/h3-11,14-15,17,22,26-27,31-33H,12-13,16,18-21H2,1-2H3,(H,41,54)(H,42,58)(H,43,53)(H,44,55)(H,47,48)(H,49,50)(H,51,52). The lowest BCUT2D eigenvalue weighted by atomic mass is 10.0. The van der Waals surface area contributed by atoms with Crippen LogP contribution >= 0.6 is 0 Å². The minimum atomic E-state index is -1.80. The Morgan fingerprint density at radius 1 is 0.754 bits per heavy atom. The Bertz CT molecular complexity index is 2030. The lowest BCUT2D eigenvalue weighted by molar-refractivity contribution is -0.151. The number of nitrogens with one attached hydrogen (secondary N) is 4. The van der Waals surface area contributed by atoms with E-state index in [1.165, 1.54) is 31.2 Å². The summed E-state index contributed by atoms with van der Waals surface area (Å²) >= 11 is 0. The molecule has 2 aromatic heterocycles. The summed E-state index contributed by atoms with van der Waals surface area (Å²) in [5.74, 6) is -10.0. The molecule has 1 fully saturated rings. The van der Waals surface area contributed by atoms with Crippen molar-refractivity contribution in [1.29, 1.82) is 0 Å². The first-order valence-corrected chi connectivity index (χ1v) is 18.7. The van der Waals surface area contributed by atoms with Gasteiger partial charge in [0.25, 0.3) is 17.7 Å². The molecule has 0 aliphatic carbocycles. The molecule has 3 heterocycles. The van der Waals surface area contributed by atoms with Crippen molar-refractivity contribution in [2.24, 2.45) is 5.92 Å². The minimum absolute atomic E-state index is 0.0151. The Labute approximate surface area is 347 Å². The predicted octanol–water partition coefficient (Wildman–Crippen LogP) is 0.175. The van der Waals surface area contributed by atoms with Crippen molar-refractivity contribution in [3.05, 3.63) is 90.1 Å². The number of hydrazine groups is 1.